The van der Waals surface area contributed by atoms with Gasteiger partial charge in [0.15, 0.2) is 17.3 Å². The van der Waals surface area contributed by atoms with Gasteiger partial charge < -0.3 is 19.8 Å². The standard InChI is InChI=1S/C23H24FN5O4/c1-13-9-14-16(27-13)6-7-17(22(14)24)28-23-15-10-19(32-2)20(11-18(15)25-12-26-23)33-8-4-3-5-21(30)29-31/h6-7,9-12,27,31H,3-5,8H2,1-2H3,(H,29,30)(H,25,26,28). The Labute approximate surface area is 188 Å². The molecule has 0 aliphatic carbocycles. The van der Waals surface area contributed by atoms with Gasteiger partial charge in [-0.05, 0) is 44.0 Å². The lowest BCUT2D eigenvalue weighted by Crippen LogP contribution is -2.18. The molecule has 0 bridgehead atoms. The van der Waals surface area contributed by atoms with Crippen LogP contribution in [0.1, 0.15) is 25.0 Å². The Morgan fingerprint density at radius 2 is 2.00 bits per heavy atom. The monoisotopic (exact) mass is 453 g/mol. The van der Waals surface area contributed by atoms with Crippen molar-refractivity contribution in [2.45, 2.75) is 26.2 Å². The number of unbranched alkanes of at least 4 members (excludes halogenated alkanes) is 1. The van der Waals surface area contributed by atoms with E-state index in [1.165, 1.54) is 13.4 Å². The van der Waals surface area contributed by atoms with Gasteiger partial charge in [0.1, 0.15) is 12.1 Å². The summed E-state index contributed by atoms with van der Waals surface area (Å²) >= 11 is 0. The Kier molecular flexibility index (Phi) is 6.55. The molecule has 0 atom stereocenters. The van der Waals surface area contributed by atoms with E-state index in [4.69, 9.17) is 14.7 Å². The van der Waals surface area contributed by atoms with E-state index < -0.39 is 5.91 Å². The van der Waals surface area contributed by atoms with Crippen molar-refractivity contribution < 1.29 is 23.9 Å². The lowest BCUT2D eigenvalue weighted by atomic mass is 10.2. The van der Waals surface area contributed by atoms with E-state index in [0.29, 0.717) is 58.7 Å². The van der Waals surface area contributed by atoms with Crippen LogP contribution >= 0.6 is 0 Å². The molecule has 4 N–H and O–H groups in total. The van der Waals surface area contributed by atoms with E-state index in [1.807, 2.05) is 13.0 Å². The Morgan fingerprint density at radius 3 is 2.79 bits per heavy atom. The quantitative estimate of drug-likeness (QED) is 0.169. The minimum absolute atomic E-state index is 0.210. The third kappa shape index (κ3) is 4.80. The van der Waals surface area contributed by atoms with Crippen LogP contribution in [-0.4, -0.2) is 39.8 Å². The zero-order valence-electron chi connectivity index (χ0n) is 18.2. The van der Waals surface area contributed by atoms with E-state index in [-0.39, 0.29) is 12.2 Å². The molecule has 2 aromatic carbocycles. The number of carbonyl (C=O) groups is 1. The van der Waals surface area contributed by atoms with E-state index in [0.717, 1.165) is 11.2 Å². The molecule has 4 rings (SSSR count). The first kappa shape index (κ1) is 22.3. The largest absolute Gasteiger partial charge is 0.493 e. The number of aromatic amines is 1. The first-order chi connectivity index (χ1) is 16.0. The molecule has 1 amide bonds. The number of anilines is 2. The molecule has 0 saturated carbocycles. The minimum atomic E-state index is -0.433. The number of benzene rings is 2. The molecule has 0 aliphatic heterocycles. The van der Waals surface area contributed by atoms with Gasteiger partial charge >= 0.3 is 0 Å². The summed E-state index contributed by atoms with van der Waals surface area (Å²) in [6.07, 6.45) is 2.79. The zero-order chi connectivity index (χ0) is 23.4. The number of ether oxygens (including phenoxy) is 2. The van der Waals surface area contributed by atoms with Crippen LogP contribution in [0.5, 0.6) is 11.5 Å². The number of nitrogens with one attached hydrogen (secondary N) is 3. The van der Waals surface area contributed by atoms with Gasteiger partial charge in [0.05, 0.1) is 24.9 Å². The van der Waals surface area contributed by atoms with Crippen LogP contribution in [0.15, 0.2) is 36.7 Å². The predicted octanol–water partition coefficient (Wildman–Crippen LogP) is 4.37. The Bertz CT molecular complexity index is 1310. The second kappa shape index (κ2) is 9.70. The third-order valence-electron chi connectivity index (χ3n) is 5.23. The molecule has 10 heteroatoms. The van der Waals surface area contributed by atoms with Gasteiger partial charge in [-0.25, -0.2) is 19.8 Å². The van der Waals surface area contributed by atoms with Crippen LogP contribution in [0.2, 0.25) is 0 Å². The van der Waals surface area contributed by atoms with Crippen molar-refractivity contribution in [3.05, 3.63) is 48.2 Å². The number of aromatic nitrogens is 3. The van der Waals surface area contributed by atoms with Gasteiger partial charge in [0, 0.05) is 34.5 Å². The number of aryl methyl sites for hydroxylation is 1. The highest BCUT2D eigenvalue weighted by atomic mass is 19.1. The number of rotatable bonds is 9. The summed E-state index contributed by atoms with van der Waals surface area (Å²) in [5.41, 5.74) is 4.10. The van der Waals surface area contributed by atoms with Crippen LogP contribution < -0.4 is 20.3 Å². The third-order valence-corrected chi connectivity index (χ3v) is 5.23. The van der Waals surface area contributed by atoms with E-state index in [2.05, 4.69) is 20.3 Å². The Hall–Kier alpha value is -3.92. The van der Waals surface area contributed by atoms with Crippen molar-refractivity contribution in [3.63, 3.8) is 0 Å². The molecule has 9 nitrogen and oxygen atoms in total. The normalized spacial score (nSPS) is 11.0. The predicted molar refractivity (Wildman–Crippen MR) is 122 cm³/mol. The SMILES string of the molecule is COc1cc2c(Nc3ccc4[nH]c(C)cc4c3F)ncnc2cc1OCCCCC(=O)NO. The lowest BCUT2D eigenvalue weighted by Gasteiger charge is -2.14. The summed E-state index contributed by atoms with van der Waals surface area (Å²) in [5, 5.41) is 12.7. The van der Waals surface area contributed by atoms with Crippen molar-refractivity contribution in [1.29, 1.82) is 0 Å². The number of carbonyl (C=O) groups excluding carboxylic acids is 1. The number of hydrogen-bond acceptors (Lipinski definition) is 7. The van der Waals surface area contributed by atoms with Gasteiger partial charge in [-0.3, -0.25) is 10.0 Å². The number of methoxy groups -OCH3 is 1. The molecule has 4 aromatic rings. The van der Waals surface area contributed by atoms with Crippen LogP contribution in [0.25, 0.3) is 21.8 Å². The van der Waals surface area contributed by atoms with Gasteiger partial charge in [0.2, 0.25) is 5.91 Å². The number of halogens is 1. The number of hydrogen-bond donors (Lipinski definition) is 4. The van der Waals surface area contributed by atoms with Crippen molar-refractivity contribution in [3.8, 4) is 11.5 Å². The Morgan fingerprint density at radius 1 is 1.15 bits per heavy atom. The summed E-state index contributed by atoms with van der Waals surface area (Å²) in [4.78, 5) is 22.8. The number of fused-ring (bicyclic) bond motifs is 2. The van der Waals surface area contributed by atoms with Crippen molar-refractivity contribution in [1.82, 2.24) is 20.4 Å². The fourth-order valence-electron chi connectivity index (χ4n) is 3.59. The van der Waals surface area contributed by atoms with Crippen LogP contribution in [0.3, 0.4) is 0 Å². The number of nitrogens with zero attached hydrogens (tertiary/aromatic N) is 2. The minimum Gasteiger partial charge on any atom is -0.493 e. The molecular weight excluding hydrogens is 429 g/mol. The molecule has 33 heavy (non-hydrogen) atoms. The second-order valence-electron chi connectivity index (χ2n) is 7.55. The molecule has 0 fully saturated rings. The molecule has 0 radical (unpaired) electrons. The first-order valence-electron chi connectivity index (χ1n) is 10.4. The number of amides is 1. The molecule has 2 heterocycles. The summed E-state index contributed by atoms with van der Waals surface area (Å²) in [5.74, 6) is 0.607. The molecule has 0 spiro atoms. The van der Waals surface area contributed by atoms with Crippen LogP contribution in [0.4, 0.5) is 15.9 Å². The maximum absolute atomic E-state index is 15.0. The number of hydroxylamine groups is 1. The first-order valence-corrected chi connectivity index (χ1v) is 10.4. The summed E-state index contributed by atoms with van der Waals surface area (Å²) in [6, 6.07) is 8.71. The fourth-order valence-corrected chi connectivity index (χ4v) is 3.59. The van der Waals surface area contributed by atoms with Crippen molar-refractivity contribution in [2.75, 3.05) is 19.0 Å². The zero-order valence-corrected chi connectivity index (χ0v) is 18.2. The van der Waals surface area contributed by atoms with Crippen molar-refractivity contribution in [2.24, 2.45) is 0 Å². The molecular formula is C23H24FN5O4. The molecule has 0 saturated heterocycles. The summed E-state index contributed by atoms with van der Waals surface area (Å²) < 4.78 is 26.3. The highest BCUT2D eigenvalue weighted by Crippen LogP contribution is 2.35. The van der Waals surface area contributed by atoms with Crippen LogP contribution in [0, 0.1) is 12.7 Å². The molecule has 2 aromatic heterocycles. The molecule has 0 unspecified atom stereocenters. The summed E-state index contributed by atoms with van der Waals surface area (Å²) in [7, 11) is 1.53. The molecule has 172 valence electrons. The maximum Gasteiger partial charge on any atom is 0.243 e. The van der Waals surface area contributed by atoms with Crippen molar-refractivity contribution >= 4 is 39.2 Å². The lowest BCUT2D eigenvalue weighted by molar-refractivity contribution is -0.129. The highest BCUT2D eigenvalue weighted by molar-refractivity contribution is 5.94. The molecule has 0 aliphatic rings. The summed E-state index contributed by atoms with van der Waals surface area (Å²) in [6.45, 7) is 2.24. The topological polar surface area (TPSA) is 121 Å². The van der Waals surface area contributed by atoms with Gasteiger partial charge in [-0.15, -0.1) is 0 Å². The highest BCUT2D eigenvalue weighted by Gasteiger charge is 2.15. The van der Waals surface area contributed by atoms with E-state index in [1.54, 1.807) is 29.7 Å². The van der Waals surface area contributed by atoms with E-state index in [9.17, 15) is 4.79 Å². The average molecular weight is 453 g/mol. The smallest absolute Gasteiger partial charge is 0.243 e. The maximum atomic E-state index is 15.0. The van der Waals surface area contributed by atoms with Gasteiger partial charge in [0.25, 0.3) is 0 Å². The van der Waals surface area contributed by atoms with Gasteiger partial charge in [-0.1, -0.05) is 0 Å². The van der Waals surface area contributed by atoms with Gasteiger partial charge in [-0.2, -0.15) is 0 Å². The van der Waals surface area contributed by atoms with E-state index >= 15 is 4.39 Å². The van der Waals surface area contributed by atoms with Crippen LogP contribution in [-0.2, 0) is 4.79 Å². The second-order valence-corrected chi connectivity index (χ2v) is 7.55. The average Bonchev–Trinajstić information content (AvgIpc) is 3.21. The number of H-pyrrole nitrogens is 1. The fraction of sp³-hybridized carbons (Fsp3) is 0.261. The Balaban J connectivity index is 1.57.